The highest BCUT2D eigenvalue weighted by Gasteiger charge is 2.18. The van der Waals surface area contributed by atoms with E-state index in [1.54, 1.807) is 48.5 Å². The lowest BCUT2D eigenvalue weighted by molar-refractivity contribution is 0.0598. The van der Waals surface area contributed by atoms with Crippen molar-refractivity contribution in [1.29, 1.82) is 0 Å². The normalized spacial score (nSPS) is 10.8. The van der Waals surface area contributed by atoms with E-state index in [0.29, 0.717) is 45.7 Å². The molecule has 4 aromatic carbocycles. The minimum Gasteiger partial charge on any atom is -0.478 e. The number of nitrogens with zero attached hydrogens (tertiary/aromatic N) is 2. The van der Waals surface area contributed by atoms with Gasteiger partial charge in [-0.3, -0.25) is 0 Å². The number of carboxylic acids is 1. The van der Waals surface area contributed by atoms with Crippen LogP contribution in [0, 0.1) is 0 Å². The number of aromatic nitrogens is 2. The summed E-state index contributed by atoms with van der Waals surface area (Å²) in [6, 6.07) is 23.2. The Kier molecular flexibility index (Phi) is 12.4. The van der Waals surface area contributed by atoms with Crippen molar-refractivity contribution in [1.82, 2.24) is 9.97 Å². The van der Waals surface area contributed by atoms with E-state index < -0.39 is 11.9 Å². The summed E-state index contributed by atoms with van der Waals surface area (Å²) in [6.07, 6.45) is 0. The van der Waals surface area contributed by atoms with Crippen molar-refractivity contribution in [2.24, 2.45) is 0 Å². The Bertz CT molecular complexity index is 2460. The minimum absolute atomic E-state index is 0.188. The van der Waals surface area contributed by atoms with Gasteiger partial charge in [-0.25, -0.2) is 19.6 Å². The lowest BCUT2D eigenvalue weighted by Gasteiger charge is -2.07. The molecule has 7 rings (SSSR count). The van der Waals surface area contributed by atoms with Gasteiger partial charge in [0.05, 0.1) is 59.6 Å². The van der Waals surface area contributed by atoms with Crippen LogP contribution >= 0.6 is 108 Å². The second kappa shape index (κ2) is 16.8. The van der Waals surface area contributed by atoms with Crippen LogP contribution in [0.1, 0.15) is 20.7 Å². The summed E-state index contributed by atoms with van der Waals surface area (Å²) < 4.78 is 5.47. The topological polar surface area (TPSA) is 89.4 Å². The smallest absolute Gasteiger partial charge is 0.339 e. The van der Waals surface area contributed by atoms with Crippen molar-refractivity contribution in [3.63, 3.8) is 0 Å². The highest BCUT2D eigenvalue weighted by molar-refractivity contribution is 9.10. The largest absolute Gasteiger partial charge is 0.478 e. The van der Waals surface area contributed by atoms with E-state index in [9.17, 15) is 14.7 Å². The molecule has 0 saturated heterocycles. The molecule has 3 heterocycles. The Morgan fingerprint density at radius 1 is 0.635 bits per heavy atom. The number of carboxylic acid groups (broad SMARTS) is 1. The Hall–Kier alpha value is -3.29. The maximum Gasteiger partial charge on any atom is 0.339 e. The second-order valence-corrected chi connectivity index (χ2v) is 16.2. The van der Waals surface area contributed by atoms with E-state index in [4.69, 9.17) is 62.7 Å². The van der Waals surface area contributed by atoms with Crippen molar-refractivity contribution in [3.05, 3.63) is 136 Å². The summed E-state index contributed by atoms with van der Waals surface area (Å²) in [4.78, 5) is 33.6. The van der Waals surface area contributed by atoms with Gasteiger partial charge >= 0.3 is 11.9 Å². The molecular weight excluding hydrogens is 890 g/mol. The van der Waals surface area contributed by atoms with E-state index >= 15 is 0 Å². The van der Waals surface area contributed by atoms with Gasteiger partial charge in [-0.05, 0) is 69.8 Å². The van der Waals surface area contributed by atoms with E-state index in [1.165, 1.54) is 41.1 Å². The predicted molar refractivity (Wildman–Crippen MR) is 220 cm³/mol. The molecule has 0 atom stereocenters. The van der Waals surface area contributed by atoms with Gasteiger partial charge in [0.25, 0.3) is 0 Å². The van der Waals surface area contributed by atoms with Crippen molar-refractivity contribution in [2.45, 2.75) is 0 Å². The van der Waals surface area contributed by atoms with Crippen molar-refractivity contribution in [2.75, 3.05) is 7.11 Å². The van der Waals surface area contributed by atoms with E-state index in [0.717, 1.165) is 43.5 Å². The van der Waals surface area contributed by atoms with Gasteiger partial charge in [0.2, 0.25) is 0 Å². The molecule has 0 radical (unpaired) electrons. The van der Waals surface area contributed by atoms with Crippen LogP contribution in [0.2, 0.25) is 25.1 Å². The number of thiazole rings is 2. The molecule has 1 N–H and O–H groups in total. The molecule has 0 unspecified atom stereocenters. The molecular formula is C37H20BrCl5N2O4S3. The van der Waals surface area contributed by atoms with Crippen LogP contribution in [0.25, 0.3) is 54.1 Å². The van der Waals surface area contributed by atoms with Gasteiger partial charge < -0.3 is 9.84 Å². The molecule has 3 aromatic heterocycles. The summed E-state index contributed by atoms with van der Waals surface area (Å²) in [5.74, 6) is -1.41. The number of ether oxygens (including phenoxy) is 1. The average molecular weight is 910 g/mol. The quantitative estimate of drug-likeness (QED) is 0.160. The standard InChI is InChI=1S/C20H10Cl3NO2S2.C17H10BrCl2NO2S/c21-14-4-2-10(8-16(14)23)17-9-28-19(24-17)11-1-3-12(13(7-11)20(25)26)18-15(22)5-6-27-18;1-23-17(22)11-6-10(2-4-12(11)18)16-21-15(8-24-16)9-3-5-13(19)14(20)7-9/h1-9H,(H,25,26);2-8H,1H3. The maximum absolute atomic E-state index is 11.8. The fraction of sp³-hybridized carbons (Fsp3) is 0.0270. The Morgan fingerprint density at radius 2 is 1.15 bits per heavy atom. The number of rotatable bonds is 7. The van der Waals surface area contributed by atoms with Crippen LogP contribution in [0.15, 0.2) is 99.5 Å². The summed E-state index contributed by atoms with van der Waals surface area (Å²) in [6.45, 7) is 0. The Labute approximate surface area is 343 Å². The lowest BCUT2D eigenvalue weighted by atomic mass is 10.0. The third-order valence-corrected chi connectivity index (χ3v) is 12.7. The van der Waals surface area contributed by atoms with Crippen molar-refractivity contribution < 1.29 is 19.4 Å². The summed E-state index contributed by atoms with van der Waals surface area (Å²) in [5.41, 5.74) is 6.10. The van der Waals surface area contributed by atoms with Gasteiger partial charge in [0.15, 0.2) is 0 Å². The molecule has 6 nitrogen and oxygen atoms in total. The first kappa shape index (κ1) is 38.4. The minimum atomic E-state index is -1.01. The van der Waals surface area contributed by atoms with Gasteiger partial charge in [0.1, 0.15) is 10.0 Å². The maximum atomic E-state index is 11.8. The Morgan fingerprint density at radius 3 is 1.63 bits per heavy atom. The molecule has 0 spiro atoms. The molecule has 0 amide bonds. The average Bonchev–Trinajstić information content (AvgIpc) is 3.93. The van der Waals surface area contributed by atoms with Gasteiger partial charge in [0, 0.05) is 43.1 Å². The van der Waals surface area contributed by atoms with Crippen LogP contribution in [-0.2, 0) is 4.74 Å². The third kappa shape index (κ3) is 8.57. The van der Waals surface area contributed by atoms with E-state index in [2.05, 4.69) is 25.9 Å². The Balaban J connectivity index is 0.000000181. The first-order valence-electron chi connectivity index (χ1n) is 14.7. The van der Waals surface area contributed by atoms with Gasteiger partial charge in [-0.1, -0.05) is 88.3 Å². The molecule has 262 valence electrons. The molecule has 15 heteroatoms. The number of halogens is 6. The molecule has 0 saturated carbocycles. The fourth-order valence-corrected chi connectivity index (χ4v) is 8.71. The number of thiophene rings is 1. The van der Waals surface area contributed by atoms with Crippen LogP contribution in [0.4, 0.5) is 0 Å². The second-order valence-electron chi connectivity index (χ2n) is 10.7. The number of carbonyl (C=O) groups is 2. The molecule has 0 bridgehead atoms. The zero-order valence-electron chi connectivity index (χ0n) is 26.3. The van der Waals surface area contributed by atoms with Crippen molar-refractivity contribution >= 4 is 120 Å². The zero-order chi connectivity index (χ0) is 37.1. The molecule has 7 aromatic rings. The number of hydrogen-bond donors (Lipinski definition) is 1. The SMILES string of the molecule is COC(=O)c1cc(-c2nc(-c3ccc(Cl)c(Cl)c3)cs2)ccc1Br.O=C(O)c1cc(-c2nc(-c3ccc(Cl)c(Cl)c3)cs2)ccc1-c1sccc1Cl. The van der Waals surface area contributed by atoms with Gasteiger partial charge in [-0.2, -0.15) is 0 Å². The molecule has 52 heavy (non-hydrogen) atoms. The number of benzene rings is 4. The summed E-state index contributed by atoms with van der Waals surface area (Å²) in [5, 5.41) is 19.3. The van der Waals surface area contributed by atoms with Crippen LogP contribution in [0.5, 0.6) is 0 Å². The number of aromatic carboxylic acids is 1. The van der Waals surface area contributed by atoms with Crippen LogP contribution in [-0.4, -0.2) is 34.1 Å². The number of methoxy groups -OCH3 is 1. The number of esters is 1. The fourth-order valence-electron chi connectivity index (χ4n) is 4.85. The van der Waals surface area contributed by atoms with Gasteiger partial charge in [-0.15, -0.1) is 34.0 Å². The first-order valence-corrected chi connectivity index (χ1v) is 20.1. The highest BCUT2D eigenvalue weighted by atomic mass is 79.9. The first-order chi connectivity index (χ1) is 24.9. The number of carbonyl (C=O) groups excluding carboxylic acids is 1. The van der Waals surface area contributed by atoms with Crippen LogP contribution in [0.3, 0.4) is 0 Å². The number of hydrogen-bond acceptors (Lipinski definition) is 8. The summed E-state index contributed by atoms with van der Waals surface area (Å²) in [7, 11) is 1.35. The monoisotopic (exact) mass is 906 g/mol. The summed E-state index contributed by atoms with van der Waals surface area (Å²) >= 11 is 37.9. The van der Waals surface area contributed by atoms with Crippen LogP contribution < -0.4 is 0 Å². The molecule has 0 fully saturated rings. The highest BCUT2D eigenvalue weighted by Crippen LogP contribution is 2.39. The lowest BCUT2D eigenvalue weighted by Crippen LogP contribution is -2.02. The molecule has 0 aliphatic carbocycles. The van der Waals surface area contributed by atoms with E-state index in [-0.39, 0.29) is 5.56 Å². The molecule has 0 aliphatic rings. The molecule has 0 aliphatic heterocycles. The predicted octanol–water partition coefficient (Wildman–Crippen LogP) is 14.2. The van der Waals surface area contributed by atoms with E-state index in [1.807, 2.05) is 46.5 Å². The zero-order valence-corrected chi connectivity index (χ0v) is 34.1. The third-order valence-electron chi connectivity index (χ3n) is 7.42. The van der Waals surface area contributed by atoms with Crippen molar-refractivity contribution in [3.8, 4) is 54.1 Å².